The average molecular weight is 529 g/mol. The maximum atomic E-state index is 2.53. The van der Waals surface area contributed by atoms with Gasteiger partial charge in [0.1, 0.15) is 0 Å². The molecule has 6 aromatic rings. The summed E-state index contributed by atoms with van der Waals surface area (Å²) in [7, 11) is -2.68. The van der Waals surface area contributed by atoms with Crippen molar-refractivity contribution in [2.45, 2.75) is 6.92 Å². The number of nitrogens with zero attached hydrogens (tertiary/aromatic N) is 2. The second kappa shape index (κ2) is 8.83. The molecule has 0 bridgehead atoms. The Bertz CT molecular complexity index is 1830. The summed E-state index contributed by atoms with van der Waals surface area (Å²) in [5, 5.41) is 5.69. The van der Waals surface area contributed by atoms with Crippen LogP contribution in [0.4, 0.5) is 34.1 Å². The zero-order chi connectivity index (χ0) is 26.7. The number of para-hydroxylation sites is 4. The number of fused-ring (bicyclic) bond motifs is 4. The standard InChI is InChI=1S/C37H28N2Si/c1-27-24-25-33-36(26-27)40(29-16-7-3-8-17-29,30-18-9-4-10-19-30)35-23-13-22-34-37(35)39(33)32-21-12-11-20-31(32)38(34)28-14-5-2-6-15-28/h2-26H,1H3. The number of aryl methyl sites for hydroxylation is 1. The number of hydrogen-bond donors (Lipinski definition) is 0. The Balaban J connectivity index is 1.57. The molecule has 0 unspecified atom stereocenters. The number of benzene rings is 6. The fourth-order valence-corrected chi connectivity index (χ4v) is 12.1. The summed E-state index contributed by atoms with van der Waals surface area (Å²) in [6.45, 7) is 2.22. The van der Waals surface area contributed by atoms with Crippen LogP contribution in [0, 0.1) is 6.92 Å². The summed E-state index contributed by atoms with van der Waals surface area (Å²) < 4.78 is 0. The molecule has 6 aromatic carbocycles. The molecule has 40 heavy (non-hydrogen) atoms. The molecule has 0 radical (unpaired) electrons. The van der Waals surface area contributed by atoms with E-state index in [0.29, 0.717) is 0 Å². The van der Waals surface area contributed by atoms with Gasteiger partial charge in [-0.3, -0.25) is 0 Å². The molecule has 2 heterocycles. The minimum Gasteiger partial charge on any atom is -0.306 e. The Hall–Kier alpha value is -4.86. The van der Waals surface area contributed by atoms with Gasteiger partial charge in [-0.15, -0.1) is 0 Å². The highest BCUT2D eigenvalue weighted by Gasteiger charge is 2.51. The Kier molecular flexibility index (Phi) is 5.09. The largest absolute Gasteiger partial charge is 0.306 e. The van der Waals surface area contributed by atoms with Crippen molar-refractivity contribution in [3.63, 3.8) is 0 Å². The second-order valence-corrected chi connectivity index (χ2v) is 14.4. The number of anilines is 6. The van der Waals surface area contributed by atoms with E-state index >= 15 is 0 Å². The molecular weight excluding hydrogens is 501 g/mol. The van der Waals surface area contributed by atoms with Crippen LogP contribution in [0.1, 0.15) is 5.56 Å². The van der Waals surface area contributed by atoms with Crippen LogP contribution < -0.4 is 30.5 Å². The summed E-state index contributed by atoms with van der Waals surface area (Å²) in [4.78, 5) is 4.98. The third kappa shape index (κ3) is 3.10. The monoisotopic (exact) mass is 528 g/mol. The predicted molar refractivity (Wildman–Crippen MR) is 171 cm³/mol. The lowest BCUT2D eigenvalue weighted by atomic mass is 10.0. The number of hydrogen-bond acceptors (Lipinski definition) is 2. The fourth-order valence-electron chi connectivity index (χ4n) is 6.90. The van der Waals surface area contributed by atoms with Gasteiger partial charge < -0.3 is 9.80 Å². The SMILES string of the molecule is Cc1ccc2c(c1)[Si](c1ccccc1)(c1ccccc1)c1cccc3c1N2c1ccccc1N3c1ccccc1. The van der Waals surface area contributed by atoms with Crippen LogP contribution in [0.2, 0.25) is 0 Å². The number of rotatable bonds is 3. The quantitative estimate of drug-likeness (QED) is 0.229. The van der Waals surface area contributed by atoms with Crippen molar-refractivity contribution < 1.29 is 0 Å². The summed E-state index contributed by atoms with van der Waals surface area (Å²) in [5.41, 5.74) is 8.66. The van der Waals surface area contributed by atoms with Crippen molar-refractivity contribution in [1.82, 2.24) is 0 Å². The molecular formula is C37H28N2Si. The third-order valence-electron chi connectivity index (χ3n) is 8.47. The molecule has 190 valence electrons. The van der Waals surface area contributed by atoms with E-state index in [1.807, 2.05) is 0 Å². The third-order valence-corrected chi connectivity index (χ3v) is 13.3. The average Bonchev–Trinajstić information content (AvgIpc) is 3.02. The summed E-state index contributed by atoms with van der Waals surface area (Å²) in [5.74, 6) is 0. The molecule has 0 aliphatic carbocycles. The van der Waals surface area contributed by atoms with Crippen molar-refractivity contribution >= 4 is 62.9 Å². The highest BCUT2D eigenvalue weighted by molar-refractivity contribution is 7.21. The van der Waals surface area contributed by atoms with Gasteiger partial charge in [-0.2, -0.15) is 0 Å². The smallest absolute Gasteiger partial charge is 0.184 e. The van der Waals surface area contributed by atoms with Crippen molar-refractivity contribution in [2.24, 2.45) is 0 Å². The molecule has 3 heteroatoms. The van der Waals surface area contributed by atoms with Crippen LogP contribution in [0.3, 0.4) is 0 Å². The highest BCUT2D eigenvalue weighted by atomic mass is 28.3. The molecule has 0 saturated heterocycles. The van der Waals surface area contributed by atoms with Gasteiger partial charge in [0.25, 0.3) is 0 Å². The molecule has 2 aliphatic heterocycles. The molecule has 8 rings (SSSR count). The highest BCUT2D eigenvalue weighted by Crippen LogP contribution is 2.54. The summed E-state index contributed by atoms with van der Waals surface area (Å²) in [6, 6.07) is 56.2. The van der Waals surface area contributed by atoms with Crippen LogP contribution in [0.25, 0.3) is 0 Å². The lowest BCUT2D eigenvalue weighted by Crippen LogP contribution is -2.77. The van der Waals surface area contributed by atoms with E-state index in [-0.39, 0.29) is 0 Å². The Morgan fingerprint density at radius 1 is 0.425 bits per heavy atom. The maximum Gasteiger partial charge on any atom is 0.184 e. The first-order valence-electron chi connectivity index (χ1n) is 13.9. The van der Waals surface area contributed by atoms with E-state index in [4.69, 9.17) is 0 Å². The van der Waals surface area contributed by atoms with Crippen molar-refractivity contribution in [1.29, 1.82) is 0 Å². The van der Waals surface area contributed by atoms with Gasteiger partial charge in [0.15, 0.2) is 8.07 Å². The van der Waals surface area contributed by atoms with E-state index in [1.54, 1.807) is 0 Å². The van der Waals surface area contributed by atoms with Crippen LogP contribution in [-0.4, -0.2) is 8.07 Å². The minimum atomic E-state index is -2.68. The van der Waals surface area contributed by atoms with Gasteiger partial charge in [-0.05, 0) is 64.1 Å². The predicted octanol–water partition coefficient (Wildman–Crippen LogP) is 6.94. The normalized spacial score (nSPS) is 14.2. The van der Waals surface area contributed by atoms with E-state index < -0.39 is 8.07 Å². The molecule has 0 saturated carbocycles. The van der Waals surface area contributed by atoms with E-state index in [9.17, 15) is 0 Å². The molecule has 0 atom stereocenters. The van der Waals surface area contributed by atoms with Gasteiger partial charge >= 0.3 is 0 Å². The van der Waals surface area contributed by atoms with Crippen molar-refractivity contribution in [3.8, 4) is 0 Å². The molecule has 2 nitrogen and oxygen atoms in total. The van der Waals surface area contributed by atoms with E-state index in [1.165, 1.54) is 60.4 Å². The van der Waals surface area contributed by atoms with Crippen molar-refractivity contribution in [2.75, 3.05) is 9.80 Å². The lowest BCUT2D eigenvalue weighted by molar-refractivity contribution is 1.17. The first-order valence-corrected chi connectivity index (χ1v) is 15.9. The zero-order valence-electron chi connectivity index (χ0n) is 22.3. The van der Waals surface area contributed by atoms with Gasteiger partial charge in [0.05, 0.1) is 22.7 Å². The maximum absolute atomic E-state index is 2.68. The first-order chi connectivity index (χ1) is 19.8. The Morgan fingerprint density at radius 2 is 0.975 bits per heavy atom. The Morgan fingerprint density at radius 3 is 1.62 bits per heavy atom. The van der Waals surface area contributed by atoms with Crippen LogP contribution in [-0.2, 0) is 0 Å². The first kappa shape index (κ1) is 23.1. The van der Waals surface area contributed by atoms with Crippen molar-refractivity contribution in [3.05, 3.63) is 157 Å². The lowest BCUT2D eigenvalue weighted by Gasteiger charge is -2.49. The summed E-state index contributed by atoms with van der Waals surface area (Å²) in [6.07, 6.45) is 0. The topological polar surface area (TPSA) is 6.48 Å². The fraction of sp³-hybridized carbons (Fsp3) is 0.0270. The Labute approximate surface area is 236 Å². The van der Waals surface area contributed by atoms with Crippen LogP contribution >= 0.6 is 0 Å². The zero-order valence-corrected chi connectivity index (χ0v) is 23.3. The molecule has 0 amide bonds. The van der Waals surface area contributed by atoms with Gasteiger partial charge in [-0.25, -0.2) is 0 Å². The van der Waals surface area contributed by atoms with Gasteiger partial charge in [-0.1, -0.05) is 121 Å². The molecule has 0 aromatic heterocycles. The summed E-state index contributed by atoms with van der Waals surface area (Å²) >= 11 is 0. The second-order valence-electron chi connectivity index (χ2n) is 10.7. The molecule has 0 spiro atoms. The molecule has 0 fully saturated rings. The van der Waals surface area contributed by atoms with Crippen LogP contribution in [0.5, 0.6) is 0 Å². The van der Waals surface area contributed by atoms with E-state index in [2.05, 4.69) is 168 Å². The molecule has 0 N–H and O–H groups in total. The molecule has 2 aliphatic rings. The van der Waals surface area contributed by atoms with Gasteiger partial charge in [0, 0.05) is 11.4 Å². The van der Waals surface area contributed by atoms with Crippen LogP contribution in [0.15, 0.2) is 152 Å². The van der Waals surface area contributed by atoms with Gasteiger partial charge in [0.2, 0.25) is 0 Å². The van der Waals surface area contributed by atoms with E-state index in [0.717, 1.165) is 0 Å². The minimum absolute atomic E-state index is 1.17.